The highest BCUT2D eigenvalue weighted by Gasteiger charge is 2.38. The minimum Gasteiger partial charge on any atom is -0.480 e. The van der Waals surface area contributed by atoms with Gasteiger partial charge in [-0.15, -0.1) is 0 Å². The maximum Gasteiger partial charge on any atom is 0.329 e. The molecule has 2 aliphatic rings. The number of hydrogen-bond donors (Lipinski definition) is 3. The lowest BCUT2D eigenvalue weighted by Crippen LogP contribution is -2.46. The first-order chi connectivity index (χ1) is 16.3. The predicted octanol–water partition coefficient (Wildman–Crippen LogP) is 4.56. The van der Waals surface area contributed by atoms with Crippen molar-refractivity contribution in [3.63, 3.8) is 0 Å². The fourth-order valence-corrected chi connectivity index (χ4v) is 4.62. The second-order valence-corrected chi connectivity index (χ2v) is 9.07. The summed E-state index contributed by atoms with van der Waals surface area (Å²) in [6.45, 7) is 2.68. The second-order valence-electron chi connectivity index (χ2n) is 9.07. The maximum absolute atomic E-state index is 14.5. The molecule has 3 aromatic rings. The molecule has 0 bridgehead atoms. The fourth-order valence-electron chi connectivity index (χ4n) is 4.62. The Balaban J connectivity index is 1.56. The Morgan fingerprint density at radius 2 is 2.06 bits per heavy atom. The smallest absolute Gasteiger partial charge is 0.329 e. The van der Waals surface area contributed by atoms with Crippen LogP contribution in [0.5, 0.6) is 11.5 Å². The summed E-state index contributed by atoms with van der Waals surface area (Å²) in [4.78, 5) is 11.8. The Morgan fingerprint density at radius 3 is 2.79 bits per heavy atom. The standard InChI is InChI=1S/C25H26F2N4O3/c1-25(24(32)33)10-8-19-21(30-25)7-6-18(23(19)34-17-4-2-16(26)3-5-17)15-12-29-31(14-15)22-9-11-28-13-20(22)27/h2-7,12,14,20,22,28,30H,8-11,13H2,1H3,(H,32,33)/t20-,22+,25-/m0/s1. The number of anilines is 1. The molecule has 1 fully saturated rings. The van der Waals surface area contributed by atoms with E-state index in [-0.39, 0.29) is 11.9 Å². The molecule has 1 aromatic heterocycles. The molecule has 0 saturated carbocycles. The monoisotopic (exact) mass is 468 g/mol. The Labute approximate surface area is 195 Å². The summed E-state index contributed by atoms with van der Waals surface area (Å²) in [5.74, 6) is -0.291. The Bertz CT molecular complexity index is 1210. The van der Waals surface area contributed by atoms with Gasteiger partial charge in [0.05, 0.1) is 12.2 Å². The average Bonchev–Trinajstić information content (AvgIpc) is 3.30. The molecular weight excluding hydrogens is 442 g/mol. The van der Waals surface area contributed by atoms with Crippen LogP contribution in [0.2, 0.25) is 0 Å². The van der Waals surface area contributed by atoms with Gasteiger partial charge in [0.15, 0.2) is 0 Å². The van der Waals surface area contributed by atoms with Gasteiger partial charge in [0.2, 0.25) is 0 Å². The Morgan fingerprint density at radius 1 is 1.26 bits per heavy atom. The zero-order chi connectivity index (χ0) is 23.9. The lowest BCUT2D eigenvalue weighted by Gasteiger charge is -2.34. The van der Waals surface area contributed by atoms with E-state index in [0.717, 1.165) is 23.2 Å². The highest BCUT2D eigenvalue weighted by molar-refractivity contribution is 5.86. The molecule has 0 unspecified atom stereocenters. The molecule has 3 heterocycles. The average molecular weight is 469 g/mol. The van der Waals surface area contributed by atoms with Crippen LogP contribution in [0.4, 0.5) is 14.5 Å². The second kappa shape index (κ2) is 8.72. The van der Waals surface area contributed by atoms with Crippen LogP contribution in [0, 0.1) is 5.82 Å². The van der Waals surface area contributed by atoms with Crippen molar-refractivity contribution in [1.82, 2.24) is 15.1 Å². The molecule has 0 amide bonds. The zero-order valence-corrected chi connectivity index (χ0v) is 18.7. The van der Waals surface area contributed by atoms with Gasteiger partial charge in [0.1, 0.15) is 29.0 Å². The van der Waals surface area contributed by atoms with Crippen molar-refractivity contribution >= 4 is 11.7 Å². The van der Waals surface area contributed by atoms with Crippen LogP contribution in [0.25, 0.3) is 11.1 Å². The van der Waals surface area contributed by atoms with Gasteiger partial charge in [-0.2, -0.15) is 5.10 Å². The van der Waals surface area contributed by atoms with E-state index >= 15 is 0 Å². The summed E-state index contributed by atoms with van der Waals surface area (Å²) in [7, 11) is 0. The molecule has 178 valence electrons. The number of carbonyl (C=O) groups is 1. The molecule has 9 heteroatoms. The molecule has 34 heavy (non-hydrogen) atoms. The number of fused-ring (bicyclic) bond motifs is 1. The molecule has 0 aliphatic carbocycles. The van der Waals surface area contributed by atoms with E-state index < -0.39 is 17.7 Å². The van der Waals surface area contributed by atoms with E-state index in [1.165, 1.54) is 12.1 Å². The minimum absolute atomic E-state index is 0.297. The van der Waals surface area contributed by atoms with Crippen LogP contribution in [0.15, 0.2) is 48.8 Å². The maximum atomic E-state index is 14.5. The van der Waals surface area contributed by atoms with Crippen LogP contribution in [0.1, 0.15) is 31.4 Å². The van der Waals surface area contributed by atoms with E-state index in [9.17, 15) is 18.7 Å². The van der Waals surface area contributed by atoms with Crippen molar-refractivity contribution in [2.45, 2.75) is 43.9 Å². The van der Waals surface area contributed by atoms with Gasteiger partial charge in [-0.3, -0.25) is 4.68 Å². The number of alkyl halides is 1. The Kier molecular flexibility index (Phi) is 5.73. The van der Waals surface area contributed by atoms with Crippen molar-refractivity contribution in [1.29, 1.82) is 0 Å². The lowest BCUT2D eigenvalue weighted by atomic mass is 9.86. The van der Waals surface area contributed by atoms with Gasteiger partial charge < -0.3 is 20.5 Å². The highest BCUT2D eigenvalue weighted by atomic mass is 19.1. The number of hydrogen-bond acceptors (Lipinski definition) is 5. The molecule has 2 aliphatic heterocycles. The van der Waals surface area contributed by atoms with Crippen LogP contribution in [0.3, 0.4) is 0 Å². The lowest BCUT2D eigenvalue weighted by molar-refractivity contribution is -0.142. The van der Waals surface area contributed by atoms with Crippen LogP contribution in [-0.2, 0) is 11.2 Å². The van der Waals surface area contributed by atoms with E-state index in [2.05, 4.69) is 15.7 Å². The quantitative estimate of drug-likeness (QED) is 0.509. The topological polar surface area (TPSA) is 88.4 Å². The van der Waals surface area contributed by atoms with Crippen molar-refractivity contribution in [2.24, 2.45) is 0 Å². The molecule has 1 saturated heterocycles. The van der Waals surface area contributed by atoms with E-state index in [0.29, 0.717) is 43.0 Å². The molecule has 7 nitrogen and oxygen atoms in total. The largest absolute Gasteiger partial charge is 0.480 e. The van der Waals surface area contributed by atoms with Crippen molar-refractivity contribution in [2.75, 3.05) is 18.4 Å². The highest BCUT2D eigenvalue weighted by Crippen LogP contribution is 2.44. The number of benzene rings is 2. The third-order valence-corrected chi connectivity index (χ3v) is 6.68. The number of nitrogens with one attached hydrogen (secondary N) is 2. The van der Waals surface area contributed by atoms with Crippen LogP contribution >= 0.6 is 0 Å². The van der Waals surface area contributed by atoms with Gasteiger partial charge in [-0.05, 0) is 69.1 Å². The minimum atomic E-state index is -1.09. The number of ether oxygens (including phenoxy) is 1. The number of aliphatic carboxylic acids is 1. The summed E-state index contributed by atoms with van der Waals surface area (Å²) < 4.78 is 35.8. The van der Waals surface area contributed by atoms with E-state index in [4.69, 9.17) is 4.74 Å². The summed E-state index contributed by atoms with van der Waals surface area (Å²) >= 11 is 0. The first-order valence-electron chi connectivity index (χ1n) is 11.3. The molecule has 0 radical (unpaired) electrons. The van der Waals surface area contributed by atoms with E-state index in [1.54, 1.807) is 29.9 Å². The van der Waals surface area contributed by atoms with Gasteiger partial charge in [-0.1, -0.05) is 0 Å². The third kappa shape index (κ3) is 4.11. The number of aromatic nitrogens is 2. The van der Waals surface area contributed by atoms with Gasteiger partial charge in [0, 0.05) is 35.1 Å². The molecule has 2 aromatic carbocycles. The SMILES string of the molecule is C[C@@]1(C(=O)O)CCc2c(ccc(-c3cnn([C@@H]4CCNC[C@@H]4F)c3)c2Oc2ccc(F)cc2)N1. The number of halogens is 2. The summed E-state index contributed by atoms with van der Waals surface area (Å²) in [5.41, 5.74) is 1.93. The van der Waals surface area contributed by atoms with Crippen molar-refractivity contribution in [3.8, 4) is 22.6 Å². The molecule has 5 rings (SSSR count). The molecule has 0 spiro atoms. The first-order valence-corrected chi connectivity index (χ1v) is 11.3. The number of carboxylic acids is 1. The van der Waals surface area contributed by atoms with Crippen molar-refractivity contribution < 1.29 is 23.4 Å². The summed E-state index contributed by atoms with van der Waals surface area (Å²) in [5, 5.41) is 20.3. The van der Waals surface area contributed by atoms with Gasteiger partial charge in [0.25, 0.3) is 0 Å². The van der Waals surface area contributed by atoms with Crippen LogP contribution < -0.4 is 15.4 Å². The first kappa shape index (κ1) is 22.3. The van der Waals surface area contributed by atoms with Gasteiger partial charge >= 0.3 is 5.97 Å². The fraction of sp³-hybridized carbons (Fsp3) is 0.360. The van der Waals surface area contributed by atoms with E-state index in [1.807, 2.05) is 18.3 Å². The third-order valence-electron chi connectivity index (χ3n) is 6.68. The van der Waals surface area contributed by atoms with Crippen molar-refractivity contribution in [3.05, 3.63) is 60.2 Å². The predicted molar refractivity (Wildman–Crippen MR) is 124 cm³/mol. The summed E-state index contributed by atoms with van der Waals surface area (Å²) in [6.07, 6.45) is 3.97. The number of piperidine rings is 1. The number of rotatable bonds is 5. The Hall–Kier alpha value is -3.46. The normalized spacial score (nSPS) is 24.2. The number of carboxylic acid groups (broad SMARTS) is 1. The summed E-state index contributed by atoms with van der Waals surface area (Å²) in [6, 6.07) is 9.07. The molecule has 3 atom stereocenters. The molecule has 3 N–H and O–H groups in total. The van der Waals surface area contributed by atoms with Crippen LogP contribution in [-0.4, -0.2) is 45.7 Å². The molecular formula is C25H26F2N4O3. The number of nitrogens with zero attached hydrogens (tertiary/aromatic N) is 2. The van der Waals surface area contributed by atoms with Gasteiger partial charge in [-0.25, -0.2) is 13.6 Å². The zero-order valence-electron chi connectivity index (χ0n) is 18.7.